The number of rotatable bonds is 21. The van der Waals surface area contributed by atoms with Gasteiger partial charge in [0.1, 0.15) is 37.1 Å². The largest absolute Gasteiger partial charge is 0.460 e. The molecule has 0 aliphatic heterocycles. The molecule has 0 radical (unpaired) electrons. The van der Waals surface area contributed by atoms with Gasteiger partial charge in [-0.15, -0.1) is 0 Å². The Balaban J connectivity index is 0.737. The van der Waals surface area contributed by atoms with Crippen molar-refractivity contribution in [2.45, 2.75) is 33.2 Å². The fourth-order valence-electron chi connectivity index (χ4n) is 13.3. The van der Waals surface area contributed by atoms with Crippen LogP contribution < -0.4 is 14.4 Å². The first-order chi connectivity index (χ1) is 51.8. The second-order valence-electron chi connectivity index (χ2n) is 25.2. The molecule has 1 aliphatic rings. The molecule has 13 nitrogen and oxygen atoms in total. The fraction of sp³-hybridized carbons (Fsp3) is 0.0706. The third-order valence-corrected chi connectivity index (χ3v) is 18.5. The lowest BCUT2D eigenvalue weighted by molar-refractivity contribution is -0.153. The predicted octanol–water partition coefficient (Wildman–Crippen LogP) is 22.9. The van der Waals surface area contributed by atoms with Crippen molar-refractivity contribution >= 4 is 100 Å². The van der Waals surface area contributed by atoms with E-state index in [2.05, 4.69) is 106 Å². The number of ether oxygens (including phenoxy) is 6. The smallest absolute Gasteiger partial charge is 0.344 e. The number of anilines is 3. The first-order valence-electron chi connectivity index (χ1n) is 33.3. The van der Waals surface area contributed by atoms with E-state index in [1.54, 1.807) is 6.92 Å². The van der Waals surface area contributed by atoms with E-state index in [0.717, 1.165) is 105 Å². The molecular formula is C85H55F9N4O9. The van der Waals surface area contributed by atoms with Gasteiger partial charge in [0, 0.05) is 66.4 Å². The van der Waals surface area contributed by atoms with Crippen LogP contribution >= 0.6 is 0 Å². The van der Waals surface area contributed by atoms with Crippen LogP contribution in [0.4, 0.5) is 56.6 Å². The summed E-state index contributed by atoms with van der Waals surface area (Å²) in [7, 11) is 0. The summed E-state index contributed by atoms with van der Waals surface area (Å²) in [4.78, 5) is 42.0. The van der Waals surface area contributed by atoms with Gasteiger partial charge in [-0.2, -0.15) is 39.5 Å². The van der Waals surface area contributed by atoms with Crippen molar-refractivity contribution in [3.63, 3.8) is 0 Å². The Bertz CT molecular complexity index is 5770. The normalized spacial score (nSPS) is 13.4. The predicted molar refractivity (Wildman–Crippen MR) is 388 cm³/mol. The zero-order chi connectivity index (χ0) is 74.2. The molecular weight excluding hydrogens is 1390 g/mol. The molecule has 0 fully saturated rings. The molecule has 1 atom stereocenters. The molecule has 0 spiro atoms. The van der Waals surface area contributed by atoms with E-state index in [1.807, 2.05) is 127 Å². The summed E-state index contributed by atoms with van der Waals surface area (Å²) in [5.74, 6) is -2.55. The van der Waals surface area contributed by atoms with Gasteiger partial charge in [0.2, 0.25) is 0 Å². The fourth-order valence-corrected chi connectivity index (χ4v) is 13.3. The Hall–Kier alpha value is -13.5. The van der Waals surface area contributed by atoms with Crippen molar-refractivity contribution in [1.29, 1.82) is 0 Å². The van der Waals surface area contributed by atoms with Gasteiger partial charge in [-0.1, -0.05) is 78.9 Å². The van der Waals surface area contributed by atoms with Gasteiger partial charge in [-0.25, -0.2) is 9.59 Å². The van der Waals surface area contributed by atoms with Crippen LogP contribution in [0.5, 0.6) is 11.5 Å². The summed E-state index contributed by atoms with van der Waals surface area (Å²) in [6.07, 6.45) is -3.73. The maximum absolute atomic E-state index is 13.5. The lowest BCUT2D eigenvalue weighted by Crippen LogP contribution is -2.28. The maximum Gasteiger partial charge on any atom is 0.344 e. The molecule has 3 aromatic heterocycles. The van der Waals surface area contributed by atoms with E-state index in [-0.39, 0.29) is 54.6 Å². The van der Waals surface area contributed by atoms with Crippen molar-refractivity contribution in [3.05, 3.63) is 337 Å². The number of allylic oxidation sites excluding steroid dienone is 2. The Morgan fingerprint density at radius 2 is 0.701 bits per heavy atom. The van der Waals surface area contributed by atoms with E-state index in [9.17, 15) is 53.9 Å². The second-order valence-corrected chi connectivity index (χ2v) is 25.2. The Morgan fingerprint density at radius 3 is 1.04 bits per heavy atom. The highest BCUT2D eigenvalue weighted by atomic mass is 19.3. The van der Waals surface area contributed by atoms with Crippen LogP contribution in [0.2, 0.25) is 0 Å². The van der Waals surface area contributed by atoms with Crippen molar-refractivity contribution in [2.75, 3.05) is 4.90 Å². The number of carbonyl (C=O) groups is 3. The number of halogens is 9. The summed E-state index contributed by atoms with van der Waals surface area (Å²) >= 11 is 0. The van der Waals surface area contributed by atoms with Crippen LogP contribution in [0.3, 0.4) is 0 Å². The molecule has 532 valence electrons. The van der Waals surface area contributed by atoms with Crippen LogP contribution in [-0.4, -0.2) is 31.6 Å². The van der Waals surface area contributed by atoms with Gasteiger partial charge in [0.05, 0.1) is 49.6 Å². The molecule has 0 saturated carbocycles. The van der Waals surface area contributed by atoms with Crippen LogP contribution in [-0.2, 0) is 43.6 Å². The van der Waals surface area contributed by atoms with Crippen LogP contribution in [0.15, 0.2) is 309 Å². The zero-order valence-electron chi connectivity index (χ0n) is 56.1. The molecule has 0 saturated heterocycles. The molecule has 0 amide bonds. The Morgan fingerprint density at radius 1 is 0.374 bits per heavy atom. The number of fused-ring (bicyclic) bond motifs is 9. The molecule has 1 unspecified atom stereocenters. The number of esters is 3. The number of para-hydroxylation sites is 3. The maximum atomic E-state index is 13.5. The van der Waals surface area contributed by atoms with Gasteiger partial charge in [-0.05, 0) is 218 Å². The first-order valence-corrected chi connectivity index (χ1v) is 33.3. The number of carbonyl (C=O) groups excluding carboxylic acids is 3. The number of benzene rings is 11. The van der Waals surface area contributed by atoms with Gasteiger partial charge in [0.25, 0.3) is 0 Å². The van der Waals surface area contributed by atoms with Crippen molar-refractivity contribution in [3.8, 4) is 28.6 Å². The summed E-state index contributed by atoms with van der Waals surface area (Å²) < 4.78 is 153. The SMILES string of the molecule is CC1(C(=O)OCc2ccc3c(c2)c2ccccc2n3-c2ccc(N(c3ccc(-n4c5ccccc5c5cc(COC(=O)c6ccc(OC(F)=C(F)F)cc6)ccc54)cc3)c3ccc(-n4c5ccccc5c5cc(COC(=O)c6ccc(OC(F)=C(F)F)cc6)ccc54)cc3)cc2)C=CC(OC(F)=C(F)F)=CC1. The van der Waals surface area contributed by atoms with Crippen LogP contribution in [0.1, 0.15) is 50.8 Å². The van der Waals surface area contributed by atoms with Gasteiger partial charge >= 0.3 is 54.2 Å². The van der Waals surface area contributed by atoms with Crippen LogP contribution in [0, 0.1) is 5.41 Å². The summed E-state index contributed by atoms with van der Waals surface area (Å²) in [6, 6.07) is 69.8. The third kappa shape index (κ3) is 13.9. The highest BCUT2D eigenvalue weighted by Gasteiger charge is 2.34. The summed E-state index contributed by atoms with van der Waals surface area (Å²) in [6.45, 7) is 1.38. The van der Waals surface area contributed by atoms with E-state index < -0.39 is 59.6 Å². The molecule has 3 heterocycles. The van der Waals surface area contributed by atoms with Gasteiger partial charge < -0.3 is 47.0 Å². The van der Waals surface area contributed by atoms with Crippen molar-refractivity contribution in [2.24, 2.45) is 5.41 Å². The summed E-state index contributed by atoms with van der Waals surface area (Å²) in [5.41, 5.74) is 11.6. The van der Waals surface area contributed by atoms with E-state index >= 15 is 0 Å². The minimum Gasteiger partial charge on any atom is -0.460 e. The molecule has 0 N–H and O–H groups in total. The van der Waals surface area contributed by atoms with E-state index in [1.165, 1.54) is 66.8 Å². The highest BCUT2D eigenvalue weighted by Crippen LogP contribution is 2.42. The summed E-state index contributed by atoms with van der Waals surface area (Å²) in [5, 5.41) is 5.55. The number of aromatic nitrogens is 3. The lowest BCUT2D eigenvalue weighted by Gasteiger charge is -2.26. The highest BCUT2D eigenvalue weighted by molar-refractivity contribution is 6.12. The number of hydrogen-bond acceptors (Lipinski definition) is 10. The van der Waals surface area contributed by atoms with Crippen molar-refractivity contribution < 1.29 is 82.3 Å². The minimum absolute atomic E-state index is 0.0294. The average molecular weight is 1450 g/mol. The first kappa shape index (κ1) is 69.2. The standard InChI is InChI=1S/C85H55F9N4O9/c1-85(42-40-63(41-43-85)107-81(94)78(90)91)84(101)104-49-52-16-39-75-69(46-52)66-10-4-7-13-72(66)98(75)60-31-25-57(26-32-60)95(55-21-27-58(28-22-55)96-70-11-5-2-8-64(70)67-44-50(14-37-73(67)96)47-102-82(99)53-17-33-61(34-18-53)105-79(92)76(86)87)56-23-29-59(30-24-56)97-71-12-6-3-9-65(71)68-45-51(15-38-74(68)97)48-103-83(100)54-19-35-62(36-20-54)106-80(93)77(88)89/h2-42,44-46H,43,47-49H2,1H3. The quantitative estimate of drug-likeness (QED) is 0.0297. The molecule has 0 bridgehead atoms. The molecule has 1 aliphatic carbocycles. The molecule has 22 heteroatoms. The number of nitrogens with zero attached hydrogens (tertiary/aromatic N) is 4. The molecule has 107 heavy (non-hydrogen) atoms. The monoisotopic (exact) mass is 1450 g/mol. The van der Waals surface area contributed by atoms with E-state index in [4.69, 9.17) is 14.2 Å². The van der Waals surface area contributed by atoms with Gasteiger partial charge in [0.15, 0.2) is 0 Å². The molecule has 11 aromatic carbocycles. The van der Waals surface area contributed by atoms with Gasteiger partial charge in [-0.3, -0.25) is 4.79 Å². The lowest BCUT2D eigenvalue weighted by atomic mass is 9.83. The van der Waals surface area contributed by atoms with E-state index in [0.29, 0.717) is 11.1 Å². The Kier molecular flexibility index (Phi) is 18.7. The second kappa shape index (κ2) is 29.0. The molecule has 14 aromatic rings. The topological polar surface area (TPSA) is 125 Å². The van der Waals surface area contributed by atoms with Crippen LogP contribution in [0.25, 0.3) is 82.5 Å². The minimum atomic E-state index is -2.61. The Labute approximate surface area is 602 Å². The zero-order valence-corrected chi connectivity index (χ0v) is 56.1. The van der Waals surface area contributed by atoms with Crippen molar-refractivity contribution in [1.82, 2.24) is 13.7 Å². The molecule has 15 rings (SSSR count). The average Bonchev–Trinajstić information content (AvgIpc) is 1.61. The third-order valence-electron chi connectivity index (χ3n) is 18.5. The number of hydrogen-bond donors (Lipinski definition) is 0.